The van der Waals surface area contributed by atoms with Crippen molar-refractivity contribution in [2.45, 2.75) is 149 Å². The second-order valence-corrected chi connectivity index (χ2v) is 21.6. The number of aliphatic hydroxyl groups excluding tert-OH is 6. The number of fused-ring (bicyclic) bond motifs is 5. The number of aliphatic carboxylic acids is 1. The first-order valence-electron chi connectivity index (χ1n) is 22.9. The molecular formula is C49H72O11. The van der Waals surface area contributed by atoms with E-state index >= 15 is 0 Å². The van der Waals surface area contributed by atoms with Crippen molar-refractivity contribution < 1.29 is 54.8 Å². The summed E-state index contributed by atoms with van der Waals surface area (Å²) < 4.78 is 19.8. The summed E-state index contributed by atoms with van der Waals surface area (Å²) in [5, 5.41) is 78.0. The van der Waals surface area contributed by atoms with Gasteiger partial charge in [0.15, 0.2) is 6.29 Å². The number of carboxylic acids is 1. The zero-order valence-electron chi connectivity index (χ0n) is 36.6. The molecule has 4 saturated carbocycles. The highest BCUT2D eigenvalue weighted by Crippen LogP contribution is 2.80. The van der Waals surface area contributed by atoms with Crippen molar-refractivity contribution >= 4 is 5.97 Å². The molecule has 6 aliphatic carbocycles. The molecular weight excluding hydrogens is 765 g/mol. The van der Waals surface area contributed by atoms with E-state index < -0.39 is 81.9 Å². The molecule has 11 nitrogen and oxygen atoms in total. The number of allylic oxidation sites excluding steroid dienone is 3. The summed E-state index contributed by atoms with van der Waals surface area (Å²) in [4.78, 5) is 13.8. The molecule has 7 aliphatic rings. The Bertz CT molecular complexity index is 1800. The van der Waals surface area contributed by atoms with E-state index in [1.165, 1.54) is 0 Å². The van der Waals surface area contributed by atoms with Crippen LogP contribution in [0.2, 0.25) is 0 Å². The average molecular weight is 837 g/mol. The third-order valence-electron chi connectivity index (χ3n) is 18.6. The molecule has 0 aromatic heterocycles. The molecule has 334 valence electrons. The first-order chi connectivity index (χ1) is 28.4. The molecule has 1 aromatic rings. The maximum Gasteiger partial charge on any atom is 0.312 e. The van der Waals surface area contributed by atoms with Crippen LogP contribution in [0.4, 0.5) is 0 Å². The summed E-state index contributed by atoms with van der Waals surface area (Å²) in [6.07, 6.45) is 5.63. The zero-order chi connectivity index (χ0) is 43.2. The number of hydrogen-bond acceptors (Lipinski definition) is 10. The normalized spacial score (nSPS) is 50.5. The Labute approximate surface area is 356 Å². The lowest BCUT2D eigenvalue weighted by Crippen LogP contribution is -2.75. The minimum atomic E-state index is -1.51. The largest absolute Gasteiger partial charge is 0.481 e. The van der Waals surface area contributed by atoms with Gasteiger partial charge in [-0.15, -0.1) is 0 Å². The van der Waals surface area contributed by atoms with Crippen molar-refractivity contribution in [1.29, 1.82) is 0 Å². The van der Waals surface area contributed by atoms with Gasteiger partial charge in [-0.3, -0.25) is 4.79 Å². The van der Waals surface area contributed by atoms with E-state index in [9.17, 15) is 40.5 Å². The molecule has 1 aromatic carbocycles. The summed E-state index contributed by atoms with van der Waals surface area (Å²) in [5.41, 5.74) is -1.92. The van der Waals surface area contributed by atoms with Crippen molar-refractivity contribution in [2.24, 2.45) is 68.0 Å². The SMILES string of the molecule is CCCCCC1CC2(C(=O)O)C(O)CC(C)(CO)CC2C2=CCC3C4(C)C5C=CC(CC3(C)C21C)C4C(C)(CO)C(OC1OCC(O)C(O)C1O)C5OCc1ccccc1. The van der Waals surface area contributed by atoms with Crippen LogP contribution < -0.4 is 0 Å². The summed E-state index contributed by atoms with van der Waals surface area (Å²) in [5.74, 6) is -1.56. The monoisotopic (exact) mass is 837 g/mol. The molecule has 1 saturated heterocycles. The first kappa shape index (κ1) is 44.4. The van der Waals surface area contributed by atoms with Crippen LogP contribution in [0.1, 0.15) is 105 Å². The molecule has 19 atom stereocenters. The summed E-state index contributed by atoms with van der Waals surface area (Å²) in [6.45, 7) is 13.2. The fraction of sp³-hybridized carbons (Fsp3) is 0.776. The van der Waals surface area contributed by atoms with Crippen LogP contribution in [-0.4, -0.2) is 104 Å². The summed E-state index contributed by atoms with van der Waals surface area (Å²) in [7, 11) is 0. The molecule has 11 heteroatoms. The third-order valence-corrected chi connectivity index (χ3v) is 18.6. The highest BCUT2D eigenvalue weighted by atomic mass is 16.7. The number of benzene rings is 1. The number of hydrogen-bond donors (Lipinski definition) is 7. The molecule has 60 heavy (non-hydrogen) atoms. The van der Waals surface area contributed by atoms with Crippen LogP contribution in [-0.2, 0) is 25.6 Å². The van der Waals surface area contributed by atoms with E-state index in [0.29, 0.717) is 19.3 Å². The van der Waals surface area contributed by atoms with Gasteiger partial charge < -0.3 is 50.0 Å². The highest BCUT2D eigenvalue weighted by Gasteiger charge is 2.77. The standard InChI is InChI=1S/C49H72O11/c1-7-8-10-15-30-21-49(43(56)57)33(22-44(2,26-50)23-36(49)53)31-18-19-35-46(4,48(30,31)6)20-29-16-17-32-39(58-24-28-13-11-9-12-14-28)41(45(3,27-51)40(29)47(32,35)5)60-42-38(55)37(54)34(52)25-59-42/h9,11-14,16-18,29-30,32-42,50-55H,7-8,10,15,19-27H2,1-6H3,(H,56,57). The number of rotatable bonds is 12. The number of unbranched alkanes of at least 4 members (excludes halogenated alkanes) is 2. The Hall–Kier alpha value is -2.19. The van der Waals surface area contributed by atoms with Crippen LogP contribution in [0, 0.1) is 68.0 Å². The van der Waals surface area contributed by atoms with E-state index in [0.717, 1.165) is 43.2 Å². The smallest absolute Gasteiger partial charge is 0.312 e. The van der Waals surface area contributed by atoms with Crippen molar-refractivity contribution in [3.8, 4) is 0 Å². The molecule has 7 N–H and O–H groups in total. The van der Waals surface area contributed by atoms with Crippen LogP contribution >= 0.6 is 0 Å². The lowest BCUT2D eigenvalue weighted by atomic mass is 9.28. The fourth-order valence-electron chi connectivity index (χ4n) is 15.6. The molecule has 0 radical (unpaired) electrons. The maximum absolute atomic E-state index is 13.8. The third kappa shape index (κ3) is 6.25. The highest BCUT2D eigenvalue weighted by molar-refractivity contribution is 5.78. The van der Waals surface area contributed by atoms with Crippen LogP contribution in [0.25, 0.3) is 0 Å². The van der Waals surface area contributed by atoms with Gasteiger partial charge in [0.2, 0.25) is 0 Å². The van der Waals surface area contributed by atoms with Crippen LogP contribution in [0.5, 0.6) is 0 Å². The van der Waals surface area contributed by atoms with E-state index in [1.807, 2.05) is 37.3 Å². The number of carbonyl (C=O) groups is 1. The van der Waals surface area contributed by atoms with Crippen LogP contribution in [0.3, 0.4) is 0 Å². The molecule has 1 aliphatic heterocycles. The Kier molecular flexibility index (Phi) is 11.7. The summed E-state index contributed by atoms with van der Waals surface area (Å²) >= 11 is 0. The second-order valence-electron chi connectivity index (χ2n) is 21.6. The van der Waals surface area contributed by atoms with Gasteiger partial charge in [0.1, 0.15) is 23.7 Å². The van der Waals surface area contributed by atoms with Crippen molar-refractivity contribution in [2.75, 3.05) is 19.8 Å². The van der Waals surface area contributed by atoms with Gasteiger partial charge in [-0.05, 0) is 95.3 Å². The quantitative estimate of drug-likeness (QED) is 0.0786. The topological polar surface area (TPSA) is 186 Å². The lowest BCUT2D eigenvalue weighted by molar-refractivity contribution is -0.347. The summed E-state index contributed by atoms with van der Waals surface area (Å²) in [6, 6.07) is 9.94. The molecule has 0 amide bonds. The average Bonchev–Trinajstić information content (AvgIpc) is 3.21. The maximum atomic E-state index is 13.8. The Morgan fingerprint density at radius 1 is 0.900 bits per heavy atom. The molecule has 4 bridgehead atoms. The number of carboxylic acid groups (broad SMARTS) is 1. The second kappa shape index (κ2) is 15.8. The fourth-order valence-corrected chi connectivity index (χ4v) is 15.6. The van der Waals surface area contributed by atoms with Gasteiger partial charge in [0.25, 0.3) is 0 Å². The molecule has 5 fully saturated rings. The first-order valence-corrected chi connectivity index (χ1v) is 22.9. The molecule has 8 rings (SSSR count). The Morgan fingerprint density at radius 3 is 2.30 bits per heavy atom. The predicted octanol–water partition coefficient (Wildman–Crippen LogP) is 5.64. The van der Waals surface area contributed by atoms with Gasteiger partial charge in [-0.25, -0.2) is 0 Å². The van der Waals surface area contributed by atoms with E-state index in [-0.39, 0.29) is 67.9 Å². The van der Waals surface area contributed by atoms with Crippen molar-refractivity contribution in [3.05, 3.63) is 59.7 Å². The van der Waals surface area contributed by atoms with E-state index in [4.69, 9.17) is 14.2 Å². The van der Waals surface area contributed by atoms with Crippen molar-refractivity contribution in [3.63, 3.8) is 0 Å². The zero-order valence-corrected chi connectivity index (χ0v) is 36.6. The van der Waals surface area contributed by atoms with Crippen molar-refractivity contribution in [1.82, 2.24) is 0 Å². The molecule has 0 spiro atoms. The van der Waals surface area contributed by atoms with E-state index in [2.05, 4.69) is 52.8 Å². The van der Waals surface area contributed by atoms with E-state index in [1.54, 1.807) is 0 Å². The molecule has 19 unspecified atom stereocenters. The van der Waals surface area contributed by atoms with Gasteiger partial charge in [-0.1, -0.05) is 115 Å². The minimum absolute atomic E-state index is 0.00743. The van der Waals surface area contributed by atoms with Gasteiger partial charge in [0.05, 0.1) is 38.1 Å². The van der Waals surface area contributed by atoms with Gasteiger partial charge in [-0.2, -0.15) is 0 Å². The Balaban J connectivity index is 1.27. The van der Waals surface area contributed by atoms with Gasteiger partial charge >= 0.3 is 5.97 Å². The van der Waals surface area contributed by atoms with Crippen LogP contribution in [0.15, 0.2) is 54.1 Å². The minimum Gasteiger partial charge on any atom is -0.481 e. The lowest BCUT2D eigenvalue weighted by Gasteiger charge is -2.76. The Morgan fingerprint density at radius 2 is 1.63 bits per heavy atom. The van der Waals surface area contributed by atoms with Gasteiger partial charge in [0, 0.05) is 17.9 Å². The number of ether oxygens (including phenoxy) is 3. The predicted molar refractivity (Wildman–Crippen MR) is 224 cm³/mol. The molecule has 1 heterocycles. The number of aliphatic hydroxyl groups is 6.